The Morgan fingerprint density at radius 2 is 1.23 bits per heavy atom. The fourth-order valence-electron chi connectivity index (χ4n) is 8.94. The van der Waals surface area contributed by atoms with Crippen LogP contribution in [-0.2, 0) is 27.5 Å². The first-order chi connectivity index (χ1) is 41.1. The van der Waals surface area contributed by atoms with Gasteiger partial charge in [0.05, 0.1) is 52.4 Å². The topological polar surface area (TPSA) is 40.8 Å². The van der Waals surface area contributed by atoms with E-state index in [-0.39, 0.29) is 82.3 Å². The molecule has 7 heteroatoms. The Morgan fingerprint density at radius 3 is 1.96 bits per heavy atom. The second kappa shape index (κ2) is 17.4. The Balaban J connectivity index is 0.00000739. The first kappa shape index (κ1) is 26.9. The minimum absolute atomic E-state index is 0. The van der Waals surface area contributed by atoms with E-state index in [2.05, 4.69) is 18.5 Å². The fraction of sp³-hybridized carbons (Fsp3) is 0.0323. The molecular formula is C62H41N5OPt-2. The van der Waals surface area contributed by atoms with E-state index in [1.54, 1.807) is 88.1 Å². The summed E-state index contributed by atoms with van der Waals surface area (Å²) in [6, 6.07) is 26.8. The van der Waals surface area contributed by atoms with Crippen molar-refractivity contribution in [2.75, 3.05) is 0 Å². The maximum Gasteiger partial charge on any atom is 0.268 e. The van der Waals surface area contributed by atoms with Crippen molar-refractivity contribution in [3.05, 3.63) is 242 Å². The van der Waals surface area contributed by atoms with Crippen LogP contribution in [0.4, 0.5) is 0 Å². The van der Waals surface area contributed by atoms with Gasteiger partial charge < -0.3 is 18.4 Å². The molecule has 6 nitrogen and oxygen atoms in total. The Kier molecular flexibility index (Phi) is 6.78. The van der Waals surface area contributed by atoms with Crippen LogP contribution in [0.1, 0.15) is 37.2 Å². The molecule has 13 rings (SSSR count). The number of benzene rings is 9. The number of hydrogen-bond donors (Lipinski definition) is 0. The molecule has 0 saturated heterocycles. The number of ether oxygens (including phenoxy) is 1. The molecule has 4 heterocycles. The van der Waals surface area contributed by atoms with Crippen LogP contribution >= 0.6 is 0 Å². The number of para-hydroxylation sites is 5. The first-order valence-corrected chi connectivity index (χ1v) is 21.5. The molecule has 9 aromatic carbocycles. The largest absolute Gasteiger partial charge is 0.510 e. The van der Waals surface area contributed by atoms with Gasteiger partial charge in [-0.2, -0.15) is 18.2 Å². The van der Waals surface area contributed by atoms with Crippen LogP contribution in [-0.4, -0.2) is 18.7 Å². The van der Waals surface area contributed by atoms with Crippen molar-refractivity contribution in [1.82, 2.24) is 18.7 Å². The second-order valence-electron chi connectivity index (χ2n) is 15.7. The quantitative estimate of drug-likeness (QED) is 0.107. The molecule has 0 atom stereocenters. The van der Waals surface area contributed by atoms with Gasteiger partial charge in [-0.05, 0) is 87.7 Å². The maximum absolute atomic E-state index is 9.11. The monoisotopic (exact) mass is 1080 g/mol. The van der Waals surface area contributed by atoms with Gasteiger partial charge in [0.2, 0.25) is 0 Å². The van der Waals surface area contributed by atoms with Gasteiger partial charge in [-0.3, -0.25) is 4.57 Å². The maximum atomic E-state index is 9.11. The molecular weight excluding hydrogens is 1030 g/mol. The zero-order valence-electron chi connectivity index (χ0n) is 54.1. The molecule has 13 aromatic rings. The van der Waals surface area contributed by atoms with Gasteiger partial charge in [-0.15, -0.1) is 29.7 Å². The van der Waals surface area contributed by atoms with E-state index in [1.807, 2.05) is 35.8 Å². The number of imidazole rings is 1. The molecule has 0 fully saturated rings. The van der Waals surface area contributed by atoms with Gasteiger partial charge in [0.15, 0.2) is 0 Å². The van der Waals surface area contributed by atoms with E-state index >= 15 is 0 Å². The molecule has 0 bridgehead atoms. The smallest absolute Gasteiger partial charge is 0.268 e. The summed E-state index contributed by atoms with van der Waals surface area (Å²) in [5.74, 6) is 1.03. The number of hydrogen-bond acceptors (Lipinski definition) is 2. The number of pyridine rings is 1. The predicted molar refractivity (Wildman–Crippen MR) is 275 cm³/mol. The molecule has 0 N–H and O–H groups in total. The standard InChI is InChI=1S/C62H41N5O.Pt/c1-2-42-35-36-63-61(37-42)67-57-34-31-46(66-55-27-11-9-23-51(55)52-24-10-12-28-56(52)66)39-54(57)53-33-32-48(40-60(53)67)68-47-22-15-21-45(38-47)64-41-65(59-30-14-13-29-58(59)64)62-49(43-17-5-3-6-18-43)25-16-26-50(62)44-19-7-4-8-20-44;/h3-37,39H,2H2,1H3;/q-2;/i3D,4D,5D,6D,7D,8D,9D,10D,11D,12D,17D,18D,19D,20D,23D,24D,27D,28D;. The third-order valence-electron chi connectivity index (χ3n) is 11.9. The number of aryl methyl sites for hydroxylation is 1. The molecule has 0 spiro atoms. The normalized spacial score (nSPS) is 15.1. The molecule has 332 valence electrons. The SMILES string of the molecule is [2H]c1c([2H])c([2H])c(-c2cccc(-c3c([2H])c([2H])c([2H])c([2H])c3[2H])c2-[n+]2[c-]n(-c3[c-]c(Oc4[c-]c5c(cc4)c4cc(-n6c7c([2H])c([2H])c([2H])c([2H])c7c7c([2H])c([2H])c([2H])c([2H])c76)ccc4n5-c4cc(CC)ccn4)ccc3)c3ccccc32)c([2H])c1[2H].[Pt]. The van der Waals surface area contributed by atoms with E-state index in [0.717, 1.165) is 5.56 Å². The van der Waals surface area contributed by atoms with E-state index in [4.69, 9.17) is 34.4 Å². The van der Waals surface area contributed by atoms with E-state index < -0.39 is 109 Å². The summed E-state index contributed by atoms with van der Waals surface area (Å²) in [5, 5.41) is 1.21. The van der Waals surface area contributed by atoms with Crippen LogP contribution in [0, 0.1) is 18.5 Å². The van der Waals surface area contributed by atoms with E-state index in [9.17, 15) is 0 Å². The van der Waals surface area contributed by atoms with Gasteiger partial charge in [-0.1, -0.05) is 152 Å². The van der Waals surface area contributed by atoms with Gasteiger partial charge in [0.1, 0.15) is 5.82 Å². The molecule has 0 saturated carbocycles. The first-order valence-electron chi connectivity index (χ1n) is 30.5. The summed E-state index contributed by atoms with van der Waals surface area (Å²) < 4.78 is 171. The van der Waals surface area contributed by atoms with Crippen LogP contribution in [0.5, 0.6) is 11.5 Å². The molecule has 0 aliphatic carbocycles. The minimum atomic E-state index is -0.613. The molecule has 0 radical (unpaired) electrons. The number of rotatable bonds is 9. The summed E-state index contributed by atoms with van der Waals surface area (Å²) in [4.78, 5) is 4.78. The summed E-state index contributed by atoms with van der Waals surface area (Å²) in [6.07, 6.45) is 5.77. The Labute approximate surface area is 439 Å². The van der Waals surface area contributed by atoms with Gasteiger partial charge >= 0.3 is 0 Å². The van der Waals surface area contributed by atoms with E-state index in [1.165, 1.54) is 10.6 Å². The summed E-state index contributed by atoms with van der Waals surface area (Å²) in [6.45, 7) is 2.02. The van der Waals surface area contributed by atoms with Crippen LogP contribution < -0.4 is 9.30 Å². The van der Waals surface area contributed by atoms with Gasteiger partial charge in [0.25, 0.3) is 6.33 Å². The molecule has 0 aliphatic rings. The van der Waals surface area contributed by atoms with Crippen molar-refractivity contribution >= 4 is 54.6 Å². The fourth-order valence-corrected chi connectivity index (χ4v) is 8.94. The van der Waals surface area contributed by atoms with Crippen molar-refractivity contribution in [3.63, 3.8) is 0 Å². The molecule has 69 heavy (non-hydrogen) atoms. The third-order valence-corrected chi connectivity index (χ3v) is 11.9. The summed E-state index contributed by atoms with van der Waals surface area (Å²) in [7, 11) is 0. The number of fused-ring (bicyclic) bond motifs is 7. The Bertz CT molecular complexity index is 4930. The van der Waals surface area contributed by atoms with Gasteiger partial charge in [-0.25, -0.2) is 4.98 Å². The van der Waals surface area contributed by atoms with Crippen molar-refractivity contribution in [2.24, 2.45) is 0 Å². The molecule has 0 aliphatic heterocycles. The molecule has 0 amide bonds. The van der Waals surface area contributed by atoms with E-state index in [0.29, 0.717) is 56.5 Å². The van der Waals surface area contributed by atoms with Gasteiger partial charge in [0, 0.05) is 60.7 Å². The third kappa shape index (κ3) is 7.15. The zero-order chi connectivity index (χ0) is 60.8. The Morgan fingerprint density at radius 1 is 0.565 bits per heavy atom. The van der Waals surface area contributed by atoms with Crippen LogP contribution in [0.15, 0.2) is 218 Å². The molecule has 0 unspecified atom stereocenters. The Hall–Kier alpha value is -8.31. The van der Waals surface area contributed by atoms with Crippen LogP contribution in [0.2, 0.25) is 0 Å². The second-order valence-corrected chi connectivity index (χ2v) is 15.7. The average Bonchev–Trinajstić information content (AvgIpc) is 1.71. The number of nitrogens with zero attached hydrogens (tertiary/aromatic N) is 5. The van der Waals surface area contributed by atoms with Crippen LogP contribution in [0.3, 0.4) is 0 Å². The van der Waals surface area contributed by atoms with Crippen molar-refractivity contribution < 1.29 is 55.0 Å². The molecule has 4 aromatic heterocycles. The van der Waals surface area contributed by atoms with Crippen molar-refractivity contribution in [3.8, 4) is 56.6 Å². The number of aromatic nitrogens is 5. The summed E-state index contributed by atoms with van der Waals surface area (Å²) in [5.41, 5.74) is 3.77. The van der Waals surface area contributed by atoms with Crippen molar-refractivity contribution in [1.29, 1.82) is 0 Å². The summed E-state index contributed by atoms with van der Waals surface area (Å²) >= 11 is 0. The zero-order valence-corrected chi connectivity index (χ0v) is 38.3. The minimum Gasteiger partial charge on any atom is -0.510 e. The van der Waals surface area contributed by atoms with Crippen LogP contribution in [0.25, 0.3) is 99.8 Å². The average molecular weight is 1090 g/mol. The van der Waals surface area contributed by atoms with Crippen molar-refractivity contribution in [2.45, 2.75) is 13.3 Å². The predicted octanol–water partition coefficient (Wildman–Crippen LogP) is 14.6.